The maximum absolute atomic E-state index is 11.5. The van der Waals surface area contributed by atoms with Gasteiger partial charge in [0.15, 0.2) is 0 Å². The van der Waals surface area contributed by atoms with Crippen molar-refractivity contribution in [3.63, 3.8) is 0 Å². The number of rotatable bonds is 5. The molecule has 1 aromatic rings. The average molecular weight is 281 g/mol. The van der Waals surface area contributed by atoms with Crippen molar-refractivity contribution in [2.75, 3.05) is 24.3 Å². The van der Waals surface area contributed by atoms with Crippen molar-refractivity contribution in [2.45, 2.75) is 30.7 Å². The van der Waals surface area contributed by atoms with E-state index in [4.69, 9.17) is 4.74 Å². The van der Waals surface area contributed by atoms with Crippen molar-refractivity contribution < 1.29 is 14.6 Å². The van der Waals surface area contributed by atoms with Crippen LogP contribution in [0.3, 0.4) is 0 Å². The molecule has 1 aliphatic heterocycles. The van der Waals surface area contributed by atoms with Crippen LogP contribution in [0.15, 0.2) is 23.1 Å². The lowest BCUT2D eigenvalue weighted by atomic mass is 10.0. The molecule has 104 valence electrons. The first-order chi connectivity index (χ1) is 9.06. The van der Waals surface area contributed by atoms with Crippen molar-refractivity contribution in [2.24, 2.45) is 0 Å². The number of thioether (sulfide) groups is 1. The summed E-state index contributed by atoms with van der Waals surface area (Å²) in [5, 5.41) is 12.8. The van der Waals surface area contributed by atoms with Gasteiger partial charge in [-0.05, 0) is 31.2 Å². The van der Waals surface area contributed by atoms with Gasteiger partial charge in [0.05, 0.1) is 23.4 Å². The van der Waals surface area contributed by atoms with Gasteiger partial charge in [-0.2, -0.15) is 0 Å². The molecule has 0 aromatic heterocycles. The fourth-order valence-electron chi connectivity index (χ4n) is 2.22. The normalized spacial score (nSPS) is 22.4. The summed E-state index contributed by atoms with van der Waals surface area (Å²) in [4.78, 5) is 12.3. The second-order valence-electron chi connectivity index (χ2n) is 4.91. The fraction of sp³-hybridized carbons (Fsp3) is 0.500. The molecule has 1 aromatic carbocycles. The second kappa shape index (κ2) is 5.84. The summed E-state index contributed by atoms with van der Waals surface area (Å²) in [5.41, 5.74) is 0.862. The van der Waals surface area contributed by atoms with Crippen LogP contribution >= 0.6 is 11.8 Å². The van der Waals surface area contributed by atoms with Crippen LogP contribution in [0.5, 0.6) is 0 Å². The van der Waals surface area contributed by atoms with Gasteiger partial charge in [-0.15, -0.1) is 11.8 Å². The third-order valence-electron chi connectivity index (χ3n) is 3.20. The summed E-state index contributed by atoms with van der Waals surface area (Å²) in [7, 11) is 0. The van der Waals surface area contributed by atoms with Gasteiger partial charge >= 0.3 is 5.97 Å². The fourth-order valence-corrected chi connectivity index (χ4v) is 3.05. The maximum atomic E-state index is 11.5. The minimum Gasteiger partial charge on any atom is -0.478 e. The Morgan fingerprint density at radius 1 is 1.58 bits per heavy atom. The largest absolute Gasteiger partial charge is 0.478 e. The van der Waals surface area contributed by atoms with Crippen LogP contribution in [0, 0.1) is 0 Å². The molecule has 5 heteroatoms. The maximum Gasteiger partial charge on any atom is 0.338 e. The van der Waals surface area contributed by atoms with E-state index in [-0.39, 0.29) is 5.54 Å². The first-order valence-corrected chi connectivity index (χ1v) is 7.39. The SMILES string of the molecule is CCSc1cccc(NC2(C)CCOC2)c1C(=O)O. The number of hydrogen-bond donors (Lipinski definition) is 2. The number of carbonyl (C=O) groups is 1. The van der Waals surface area contributed by atoms with Crippen molar-refractivity contribution in [3.05, 3.63) is 23.8 Å². The predicted octanol–water partition coefficient (Wildman–Crippen LogP) is 3.09. The Morgan fingerprint density at radius 3 is 2.95 bits per heavy atom. The monoisotopic (exact) mass is 281 g/mol. The van der Waals surface area contributed by atoms with Gasteiger partial charge < -0.3 is 15.2 Å². The first-order valence-electron chi connectivity index (χ1n) is 6.41. The minimum absolute atomic E-state index is 0.181. The first kappa shape index (κ1) is 14.2. The molecule has 1 heterocycles. The highest BCUT2D eigenvalue weighted by Crippen LogP contribution is 2.32. The molecule has 19 heavy (non-hydrogen) atoms. The van der Waals surface area contributed by atoms with Crippen LogP contribution in [0.1, 0.15) is 30.6 Å². The highest BCUT2D eigenvalue weighted by molar-refractivity contribution is 7.99. The zero-order valence-electron chi connectivity index (χ0n) is 11.2. The Bertz CT molecular complexity index is 470. The quantitative estimate of drug-likeness (QED) is 0.812. The average Bonchev–Trinajstić information content (AvgIpc) is 2.76. The smallest absolute Gasteiger partial charge is 0.338 e. The van der Waals surface area contributed by atoms with E-state index in [0.29, 0.717) is 17.9 Å². The van der Waals surface area contributed by atoms with Gasteiger partial charge in [0, 0.05) is 11.5 Å². The molecule has 1 saturated heterocycles. The molecule has 1 unspecified atom stereocenters. The predicted molar refractivity (Wildman–Crippen MR) is 77.3 cm³/mol. The van der Waals surface area contributed by atoms with E-state index in [0.717, 1.165) is 23.7 Å². The summed E-state index contributed by atoms with van der Waals surface area (Å²) < 4.78 is 5.40. The van der Waals surface area contributed by atoms with Crippen LogP contribution in [0.25, 0.3) is 0 Å². The Morgan fingerprint density at radius 2 is 2.37 bits per heavy atom. The van der Waals surface area contributed by atoms with Crippen LogP contribution < -0.4 is 5.32 Å². The molecular formula is C14H19NO3S. The summed E-state index contributed by atoms with van der Waals surface area (Å²) in [6.07, 6.45) is 0.886. The van der Waals surface area contributed by atoms with Gasteiger partial charge in [-0.3, -0.25) is 0 Å². The number of aromatic carboxylic acids is 1. The van der Waals surface area contributed by atoms with E-state index in [1.807, 2.05) is 25.1 Å². The molecule has 4 nitrogen and oxygen atoms in total. The van der Waals surface area contributed by atoms with Gasteiger partial charge in [0.1, 0.15) is 0 Å². The van der Waals surface area contributed by atoms with Crippen molar-refractivity contribution >= 4 is 23.4 Å². The van der Waals surface area contributed by atoms with Crippen molar-refractivity contribution in [1.82, 2.24) is 0 Å². The van der Waals surface area contributed by atoms with Crippen molar-refractivity contribution in [3.8, 4) is 0 Å². The second-order valence-corrected chi connectivity index (χ2v) is 6.21. The third kappa shape index (κ3) is 3.22. The number of carboxylic acids is 1. The Balaban J connectivity index is 2.33. The van der Waals surface area contributed by atoms with Crippen molar-refractivity contribution in [1.29, 1.82) is 0 Å². The van der Waals surface area contributed by atoms with E-state index in [9.17, 15) is 9.90 Å². The zero-order chi connectivity index (χ0) is 13.9. The van der Waals surface area contributed by atoms with E-state index in [2.05, 4.69) is 12.2 Å². The highest BCUT2D eigenvalue weighted by atomic mass is 32.2. The number of hydrogen-bond acceptors (Lipinski definition) is 4. The standard InChI is InChI=1S/C14H19NO3S/c1-3-19-11-6-4-5-10(12(11)13(16)17)15-14(2)7-8-18-9-14/h4-6,15H,3,7-9H2,1-2H3,(H,16,17). The molecule has 0 radical (unpaired) electrons. The van der Waals surface area contributed by atoms with Gasteiger partial charge in [-0.25, -0.2) is 4.79 Å². The van der Waals surface area contributed by atoms with Crippen LogP contribution in [-0.2, 0) is 4.74 Å². The lowest BCUT2D eigenvalue weighted by Crippen LogP contribution is -2.35. The zero-order valence-corrected chi connectivity index (χ0v) is 12.0. The van der Waals surface area contributed by atoms with Gasteiger partial charge in [0.25, 0.3) is 0 Å². The molecule has 0 saturated carbocycles. The Kier molecular flexibility index (Phi) is 4.37. The molecule has 0 amide bonds. The van der Waals surface area contributed by atoms with Crippen LogP contribution in [0.2, 0.25) is 0 Å². The Labute approximate surface area is 117 Å². The number of carboxylic acid groups (broad SMARTS) is 1. The van der Waals surface area contributed by atoms with Gasteiger partial charge in [-0.1, -0.05) is 13.0 Å². The highest BCUT2D eigenvalue weighted by Gasteiger charge is 2.31. The molecule has 0 bridgehead atoms. The third-order valence-corrected chi connectivity index (χ3v) is 4.14. The molecular weight excluding hydrogens is 262 g/mol. The minimum atomic E-state index is -0.887. The molecule has 1 atom stereocenters. The van der Waals surface area contributed by atoms with E-state index in [1.165, 1.54) is 0 Å². The molecule has 0 aliphatic carbocycles. The lowest BCUT2D eigenvalue weighted by molar-refractivity contribution is 0.0694. The molecule has 1 aliphatic rings. The summed E-state index contributed by atoms with van der Waals surface area (Å²) in [6, 6.07) is 5.58. The molecule has 2 N–H and O–H groups in total. The molecule has 1 fully saturated rings. The Hall–Kier alpha value is -1.20. The molecule has 2 rings (SSSR count). The van der Waals surface area contributed by atoms with Crippen LogP contribution in [0.4, 0.5) is 5.69 Å². The van der Waals surface area contributed by atoms with Crippen LogP contribution in [-0.4, -0.2) is 35.6 Å². The van der Waals surface area contributed by atoms with E-state index in [1.54, 1.807) is 11.8 Å². The topological polar surface area (TPSA) is 58.6 Å². The summed E-state index contributed by atoms with van der Waals surface area (Å²) in [6.45, 7) is 5.40. The van der Waals surface area contributed by atoms with E-state index < -0.39 is 5.97 Å². The van der Waals surface area contributed by atoms with Gasteiger partial charge in [0.2, 0.25) is 0 Å². The number of benzene rings is 1. The number of anilines is 1. The van der Waals surface area contributed by atoms with E-state index >= 15 is 0 Å². The summed E-state index contributed by atoms with van der Waals surface area (Å²) in [5.74, 6) is -0.0361. The lowest BCUT2D eigenvalue weighted by Gasteiger charge is -2.26. The number of ether oxygens (including phenoxy) is 1. The number of nitrogens with one attached hydrogen (secondary N) is 1. The summed E-state index contributed by atoms with van der Waals surface area (Å²) >= 11 is 1.55. The molecule has 0 spiro atoms.